The van der Waals surface area contributed by atoms with Crippen LogP contribution in [0.5, 0.6) is 0 Å². The summed E-state index contributed by atoms with van der Waals surface area (Å²) in [5, 5.41) is 2.28. The Hall–Kier alpha value is -1.85. The lowest BCUT2D eigenvalue weighted by Crippen LogP contribution is -2.18. The third-order valence-corrected chi connectivity index (χ3v) is 1.30. The lowest BCUT2D eigenvalue weighted by Gasteiger charge is -1.86. The van der Waals surface area contributed by atoms with E-state index in [1.807, 2.05) is 0 Å². The molecule has 11 heavy (non-hydrogen) atoms. The van der Waals surface area contributed by atoms with Crippen molar-refractivity contribution in [1.82, 2.24) is 19.6 Å². The van der Waals surface area contributed by atoms with E-state index >= 15 is 0 Å². The molecule has 2 N–H and O–H groups in total. The molecule has 0 atom stereocenters. The molecule has 0 aliphatic rings. The number of fused-ring (bicyclic) bond motifs is 1. The Morgan fingerprint density at radius 2 is 2.27 bits per heavy atom. The lowest BCUT2D eigenvalue weighted by atomic mass is 10.7. The molecule has 0 unspecified atom stereocenters. The molecule has 6 heteroatoms. The summed E-state index contributed by atoms with van der Waals surface area (Å²) in [5.41, 5.74) is -0.426. The van der Waals surface area contributed by atoms with Gasteiger partial charge in [0.1, 0.15) is 0 Å². The zero-order chi connectivity index (χ0) is 7.84. The SMILES string of the molecule is O=c1cc2nc[nH]c(=O)n2[nH]1. The second kappa shape index (κ2) is 1.82. The average Bonchev–Trinajstić information content (AvgIpc) is 2.31. The van der Waals surface area contributed by atoms with Gasteiger partial charge in [0, 0.05) is 6.07 Å². The quantitative estimate of drug-likeness (QED) is 0.492. The fraction of sp³-hybridized carbons (Fsp3) is 0. The minimum atomic E-state index is -0.405. The van der Waals surface area contributed by atoms with E-state index in [1.54, 1.807) is 0 Å². The molecule has 6 nitrogen and oxygen atoms in total. The van der Waals surface area contributed by atoms with Gasteiger partial charge in [-0.1, -0.05) is 0 Å². The molecule has 2 aromatic rings. The van der Waals surface area contributed by atoms with Crippen molar-refractivity contribution in [2.45, 2.75) is 0 Å². The molecule has 2 rings (SSSR count). The van der Waals surface area contributed by atoms with Crippen LogP contribution in [0.25, 0.3) is 5.65 Å². The fourth-order valence-electron chi connectivity index (χ4n) is 0.850. The van der Waals surface area contributed by atoms with Gasteiger partial charge in [0.05, 0.1) is 6.33 Å². The van der Waals surface area contributed by atoms with Gasteiger partial charge in [-0.3, -0.25) is 14.9 Å². The summed E-state index contributed by atoms with van der Waals surface area (Å²) in [6, 6.07) is 1.25. The maximum absolute atomic E-state index is 10.9. The third-order valence-electron chi connectivity index (χ3n) is 1.30. The molecule has 0 radical (unpaired) electrons. The van der Waals surface area contributed by atoms with Crippen molar-refractivity contribution in [3.63, 3.8) is 0 Å². The molecule has 0 aliphatic carbocycles. The molecule has 0 saturated heterocycles. The van der Waals surface area contributed by atoms with Crippen LogP contribution in [0.4, 0.5) is 0 Å². The predicted octanol–water partition coefficient (Wildman–Crippen LogP) is -1.29. The summed E-state index contributed by atoms with van der Waals surface area (Å²) in [7, 11) is 0. The number of H-pyrrole nitrogens is 2. The van der Waals surface area contributed by atoms with E-state index in [4.69, 9.17) is 0 Å². The van der Waals surface area contributed by atoms with Crippen LogP contribution in [0.2, 0.25) is 0 Å². The largest absolute Gasteiger partial charge is 0.347 e. The number of hydrogen-bond acceptors (Lipinski definition) is 3. The Kier molecular flexibility index (Phi) is 0.974. The van der Waals surface area contributed by atoms with Crippen molar-refractivity contribution in [1.29, 1.82) is 0 Å². The first kappa shape index (κ1) is 5.90. The first-order valence-corrected chi connectivity index (χ1v) is 2.93. The van der Waals surface area contributed by atoms with Crippen LogP contribution in [-0.4, -0.2) is 19.6 Å². The molecule has 0 bridgehead atoms. The number of aromatic nitrogens is 4. The molecular formula is C5H4N4O2. The van der Waals surface area contributed by atoms with Crippen molar-refractivity contribution in [3.8, 4) is 0 Å². The zero-order valence-electron chi connectivity index (χ0n) is 5.37. The number of aromatic amines is 2. The normalized spacial score (nSPS) is 10.5. The summed E-state index contributed by atoms with van der Waals surface area (Å²) in [4.78, 5) is 27.6. The van der Waals surface area contributed by atoms with Gasteiger partial charge in [-0.05, 0) is 0 Å². The smallest absolute Gasteiger partial charge is 0.296 e. The molecular weight excluding hydrogens is 148 g/mol. The standard InChI is InChI=1S/C5H4N4O2/c10-4-1-3-6-2-7-5(11)9(3)8-4/h1-2H,(H,8,10)(H,6,7,11). The van der Waals surface area contributed by atoms with Crippen molar-refractivity contribution in [3.05, 3.63) is 33.2 Å². The van der Waals surface area contributed by atoms with Crippen LogP contribution >= 0.6 is 0 Å². The monoisotopic (exact) mass is 152 g/mol. The molecule has 2 aromatic heterocycles. The Balaban J connectivity index is 3.14. The van der Waals surface area contributed by atoms with Crippen LogP contribution in [0, 0.1) is 0 Å². The van der Waals surface area contributed by atoms with Gasteiger partial charge in [0.25, 0.3) is 5.56 Å². The van der Waals surface area contributed by atoms with E-state index in [1.165, 1.54) is 12.4 Å². The number of rotatable bonds is 0. The maximum atomic E-state index is 10.9. The second-order valence-corrected chi connectivity index (χ2v) is 2.02. The highest BCUT2D eigenvalue weighted by Crippen LogP contribution is 1.82. The minimum Gasteiger partial charge on any atom is -0.296 e. The summed E-state index contributed by atoms with van der Waals surface area (Å²) >= 11 is 0. The van der Waals surface area contributed by atoms with Gasteiger partial charge in [-0.25, -0.2) is 9.78 Å². The Bertz CT molecular complexity index is 491. The van der Waals surface area contributed by atoms with E-state index in [9.17, 15) is 9.59 Å². The summed E-state index contributed by atoms with van der Waals surface area (Å²) < 4.78 is 1.04. The highest BCUT2D eigenvalue weighted by atomic mass is 16.2. The van der Waals surface area contributed by atoms with Crippen molar-refractivity contribution in [2.75, 3.05) is 0 Å². The van der Waals surface area contributed by atoms with Crippen molar-refractivity contribution in [2.24, 2.45) is 0 Å². The first-order chi connectivity index (χ1) is 5.27. The van der Waals surface area contributed by atoms with Crippen LogP contribution < -0.4 is 11.2 Å². The highest BCUT2D eigenvalue weighted by Gasteiger charge is 1.97. The number of hydrogen-bond donors (Lipinski definition) is 2. The number of nitrogens with zero attached hydrogens (tertiary/aromatic N) is 2. The van der Waals surface area contributed by atoms with Crippen molar-refractivity contribution >= 4 is 5.65 Å². The molecule has 0 fully saturated rings. The summed E-state index contributed by atoms with van der Waals surface area (Å²) in [6.07, 6.45) is 1.24. The van der Waals surface area contributed by atoms with E-state index < -0.39 is 5.69 Å². The van der Waals surface area contributed by atoms with Crippen LogP contribution in [-0.2, 0) is 0 Å². The van der Waals surface area contributed by atoms with Gasteiger partial charge in [-0.2, -0.15) is 4.52 Å². The Labute approximate surface area is 59.5 Å². The fourth-order valence-corrected chi connectivity index (χ4v) is 0.850. The summed E-state index contributed by atoms with van der Waals surface area (Å²) in [5.74, 6) is 0. The van der Waals surface area contributed by atoms with Crippen LogP contribution in [0.15, 0.2) is 22.0 Å². The Morgan fingerprint density at radius 1 is 1.45 bits per heavy atom. The average molecular weight is 152 g/mol. The minimum absolute atomic E-state index is 0.318. The maximum Gasteiger partial charge on any atom is 0.347 e. The summed E-state index contributed by atoms with van der Waals surface area (Å²) in [6.45, 7) is 0. The number of nitrogens with one attached hydrogen (secondary N) is 2. The molecule has 2 heterocycles. The molecule has 0 aromatic carbocycles. The third kappa shape index (κ3) is 0.759. The predicted molar refractivity (Wildman–Crippen MR) is 36.4 cm³/mol. The van der Waals surface area contributed by atoms with Gasteiger partial charge >= 0.3 is 5.69 Å². The van der Waals surface area contributed by atoms with E-state index in [-0.39, 0.29) is 5.56 Å². The van der Waals surface area contributed by atoms with Gasteiger partial charge in [0.15, 0.2) is 5.65 Å². The van der Waals surface area contributed by atoms with Crippen LogP contribution in [0.3, 0.4) is 0 Å². The molecule has 0 amide bonds. The van der Waals surface area contributed by atoms with E-state index in [2.05, 4.69) is 15.1 Å². The zero-order valence-corrected chi connectivity index (χ0v) is 5.37. The van der Waals surface area contributed by atoms with Crippen molar-refractivity contribution < 1.29 is 0 Å². The topological polar surface area (TPSA) is 83.0 Å². The Morgan fingerprint density at radius 3 is 3.00 bits per heavy atom. The first-order valence-electron chi connectivity index (χ1n) is 2.93. The molecule has 0 saturated carbocycles. The van der Waals surface area contributed by atoms with Gasteiger partial charge in [0.2, 0.25) is 0 Å². The van der Waals surface area contributed by atoms with E-state index in [0.717, 1.165) is 4.52 Å². The second-order valence-electron chi connectivity index (χ2n) is 2.02. The van der Waals surface area contributed by atoms with Gasteiger partial charge in [-0.15, -0.1) is 0 Å². The lowest BCUT2D eigenvalue weighted by molar-refractivity contribution is 0.829. The highest BCUT2D eigenvalue weighted by molar-refractivity contribution is 5.33. The molecule has 56 valence electrons. The molecule has 0 spiro atoms. The van der Waals surface area contributed by atoms with Gasteiger partial charge < -0.3 is 0 Å². The van der Waals surface area contributed by atoms with Crippen LogP contribution in [0.1, 0.15) is 0 Å². The van der Waals surface area contributed by atoms with E-state index in [0.29, 0.717) is 5.65 Å². The molecule has 0 aliphatic heterocycles.